The van der Waals surface area contributed by atoms with Gasteiger partial charge in [-0.15, -0.1) is 0 Å². The summed E-state index contributed by atoms with van der Waals surface area (Å²) in [6.45, 7) is 16.1. The van der Waals surface area contributed by atoms with Crippen molar-refractivity contribution in [1.82, 2.24) is 24.1 Å². The molecule has 0 bridgehead atoms. The number of aromatic nitrogens is 2. The number of carbonyl (C=O) groups excluding carboxylic acids is 2. The van der Waals surface area contributed by atoms with Crippen LogP contribution in [0.2, 0.25) is 0 Å². The first-order valence-electron chi connectivity index (χ1n) is 16.6. The SMILES string of the molecule is Cc1nc(F)c2c(-c3ccc(F)cc3C(=O)N(CC(F)F)C(C)C)cc(C3CN(C(CCCN(C)C(=O)OC(C)(C)C)C(C)C)C3)cn12. The van der Waals surface area contributed by atoms with Crippen LogP contribution < -0.4 is 0 Å². The van der Waals surface area contributed by atoms with E-state index in [1.807, 2.05) is 33.0 Å². The fraction of sp³-hybridized carbons (Fsp3) is 0.583. The van der Waals surface area contributed by atoms with Gasteiger partial charge in [0.05, 0.1) is 12.1 Å². The predicted molar refractivity (Wildman–Crippen MR) is 178 cm³/mol. The van der Waals surface area contributed by atoms with Crippen LogP contribution in [-0.2, 0) is 4.74 Å². The van der Waals surface area contributed by atoms with Crippen LogP contribution >= 0.6 is 0 Å². The van der Waals surface area contributed by atoms with Crippen molar-refractivity contribution in [2.45, 2.75) is 98.3 Å². The zero-order valence-corrected chi connectivity index (χ0v) is 29.5. The summed E-state index contributed by atoms with van der Waals surface area (Å²) in [5.74, 6) is -1.33. The third-order valence-electron chi connectivity index (χ3n) is 8.93. The normalized spacial score (nSPS) is 15.0. The van der Waals surface area contributed by atoms with Crippen LogP contribution in [0.3, 0.4) is 0 Å². The Balaban J connectivity index is 1.61. The van der Waals surface area contributed by atoms with Crippen molar-refractivity contribution in [3.8, 4) is 11.1 Å². The summed E-state index contributed by atoms with van der Waals surface area (Å²) < 4.78 is 64.0. The Morgan fingerprint density at radius 3 is 2.31 bits per heavy atom. The summed E-state index contributed by atoms with van der Waals surface area (Å²) in [6, 6.07) is 5.14. The van der Waals surface area contributed by atoms with Gasteiger partial charge in [-0.2, -0.15) is 4.39 Å². The lowest BCUT2D eigenvalue weighted by molar-refractivity contribution is 0.0275. The Morgan fingerprint density at radius 2 is 1.73 bits per heavy atom. The number of fused-ring (bicyclic) bond motifs is 1. The van der Waals surface area contributed by atoms with E-state index in [-0.39, 0.29) is 34.7 Å². The summed E-state index contributed by atoms with van der Waals surface area (Å²) >= 11 is 0. The van der Waals surface area contributed by atoms with E-state index in [9.17, 15) is 22.8 Å². The molecule has 264 valence electrons. The lowest BCUT2D eigenvalue weighted by atomic mass is 9.85. The van der Waals surface area contributed by atoms with Crippen molar-refractivity contribution >= 4 is 17.5 Å². The molecule has 1 atom stereocenters. The molecule has 1 aromatic carbocycles. The number of aryl methyl sites for hydroxylation is 1. The van der Waals surface area contributed by atoms with Gasteiger partial charge in [-0.3, -0.25) is 9.69 Å². The van der Waals surface area contributed by atoms with Gasteiger partial charge in [-0.05, 0) is 89.6 Å². The van der Waals surface area contributed by atoms with E-state index in [0.29, 0.717) is 23.9 Å². The molecule has 3 aromatic rings. The van der Waals surface area contributed by atoms with Gasteiger partial charge in [0.1, 0.15) is 22.8 Å². The first-order valence-corrected chi connectivity index (χ1v) is 16.6. The largest absolute Gasteiger partial charge is 0.444 e. The van der Waals surface area contributed by atoms with Crippen molar-refractivity contribution in [3.05, 3.63) is 59.2 Å². The third kappa shape index (κ3) is 8.48. The van der Waals surface area contributed by atoms with Crippen molar-refractivity contribution in [2.24, 2.45) is 5.92 Å². The molecule has 1 aliphatic rings. The number of hydrogen-bond donors (Lipinski definition) is 0. The number of likely N-dealkylation sites (tertiary alicyclic amines) is 1. The molecule has 12 heteroatoms. The molecular formula is C36H49F4N5O3. The standard InChI is InChI=1S/C36H49F4N5O3/c1-21(2)30(11-10-14-42(9)35(47)48-36(6,7)8)43-17-25(18-43)24-15-28(32-33(40)41-23(5)45(32)19-24)27-13-12-26(37)16-29(27)34(46)44(22(3)4)20-31(38)39/h12-13,15-16,19,21-22,25,30-31H,10-11,14,17-18,20H2,1-9H3. The number of carbonyl (C=O) groups is 2. The van der Waals surface area contributed by atoms with E-state index >= 15 is 4.39 Å². The summed E-state index contributed by atoms with van der Waals surface area (Å²) in [6.07, 6.45) is 0.431. The molecular weight excluding hydrogens is 626 g/mol. The first kappa shape index (κ1) is 37.2. The maximum absolute atomic E-state index is 15.4. The Labute approximate surface area is 281 Å². The smallest absolute Gasteiger partial charge is 0.410 e. The van der Waals surface area contributed by atoms with Crippen LogP contribution in [0.1, 0.15) is 89.0 Å². The second-order valence-corrected chi connectivity index (χ2v) is 14.5. The van der Waals surface area contributed by atoms with Crippen LogP contribution in [0.15, 0.2) is 30.5 Å². The third-order valence-corrected chi connectivity index (χ3v) is 8.93. The highest BCUT2D eigenvalue weighted by atomic mass is 19.3. The lowest BCUT2D eigenvalue weighted by Gasteiger charge is -2.46. The molecule has 48 heavy (non-hydrogen) atoms. The number of hydrogen-bond acceptors (Lipinski definition) is 5. The van der Waals surface area contributed by atoms with Crippen LogP contribution in [0.4, 0.5) is 22.4 Å². The fourth-order valence-corrected chi connectivity index (χ4v) is 6.42. The highest BCUT2D eigenvalue weighted by Crippen LogP contribution is 2.38. The molecule has 1 aliphatic heterocycles. The highest BCUT2D eigenvalue weighted by molar-refractivity contribution is 6.03. The van der Waals surface area contributed by atoms with Crippen LogP contribution in [0.25, 0.3) is 16.6 Å². The number of nitrogens with zero attached hydrogens (tertiary/aromatic N) is 5. The molecule has 4 rings (SSSR count). The lowest BCUT2D eigenvalue weighted by Crippen LogP contribution is -2.52. The number of alkyl halides is 2. The number of amides is 2. The van der Waals surface area contributed by atoms with Gasteiger partial charge in [-0.25, -0.2) is 22.9 Å². The van der Waals surface area contributed by atoms with E-state index in [2.05, 4.69) is 23.7 Å². The molecule has 0 radical (unpaired) electrons. The molecule has 1 saturated heterocycles. The van der Waals surface area contributed by atoms with Crippen molar-refractivity contribution in [1.29, 1.82) is 0 Å². The van der Waals surface area contributed by atoms with Gasteiger partial charge in [0, 0.05) is 56.4 Å². The number of pyridine rings is 1. The minimum absolute atomic E-state index is 0.0919. The van der Waals surface area contributed by atoms with E-state index in [0.717, 1.165) is 42.5 Å². The van der Waals surface area contributed by atoms with Crippen molar-refractivity contribution in [2.75, 3.05) is 33.2 Å². The summed E-state index contributed by atoms with van der Waals surface area (Å²) in [7, 11) is 1.74. The van der Waals surface area contributed by atoms with Gasteiger partial charge in [-0.1, -0.05) is 19.9 Å². The molecule has 0 aliphatic carbocycles. The van der Waals surface area contributed by atoms with Gasteiger partial charge >= 0.3 is 6.09 Å². The monoisotopic (exact) mass is 675 g/mol. The first-order chi connectivity index (χ1) is 22.4. The topological polar surface area (TPSA) is 70.4 Å². The second-order valence-electron chi connectivity index (χ2n) is 14.5. The molecule has 2 amide bonds. The second kappa shape index (κ2) is 14.8. The molecule has 8 nitrogen and oxygen atoms in total. The van der Waals surface area contributed by atoms with Crippen LogP contribution in [0, 0.1) is 24.6 Å². The molecule has 0 N–H and O–H groups in total. The molecule has 0 spiro atoms. The van der Waals surface area contributed by atoms with E-state index in [1.54, 1.807) is 37.1 Å². The number of benzene rings is 1. The van der Waals surface area contributed by atoms with E-state index in [1.165, 1.54) is 12.1 Å². The van der Waals surface area contributed by atoms with Crippen LogP contribution in [0.5, 0.6) is 0 Å². The van der Waals surface area contributed by atoms with Crippen molar-refractivity contribution < 1.29 is 31.9 Å². The molecule has 2 aromatic heterocycles. The minimum atomic E-state index is -2.78. The summed E-state index contributed by atoms with van der Waals surface area (Å²) in [4.78, 5) is 35.1. The maximum atomic E-state index is 15.4. The van der Waals surface area contributed by atoms with Gasteiger partial charge in [0.15, 0.2) is 0 Å². The molecule has 0 saturated carbocycles. The molecule has 1 unspecified atom stereocenters. The van der Waals surface area contributed by atoms with Gasteiger partial charge < -0.3 is 18.9 Å². The Kier molecular flexibility index (Phi) is 11.5. The fourth-order valence-electron chi connectivity index (χ4n) is 6.42. The Hall–Kier alpha value is -3.67. The number of halogens is 4. The van der Waals surface area contributed by atoms with Crippen LogP contribution in [-0.4, -0.2) is 93.4 Å². The van der Waals surface area contributed by atoms with Gasteiger partial charge in [0.2, 0.25) is 5.95 Å². The highest BCUT2D eigenvalue weighted by Gasteiger charge is 2.36. The number of ether oxygens (including phenoxy) is 1. The summed E-state index contributed by atoms with van der Waals surface area (Å²) in [5.41, 5.74) is 0.952. The zero-order valence-electron chi connectivity index (χ0n) is 29.5. The maximum Gasteiger partial charge on any atom is 0.410 e. The quantitative estimate of drug-likeness (QED) is 0.184. The average molecular weight is 676 g/mol. The van der Waals surface area contributed by atoms with Gasteiger partial charge in [0.25, 0.3) is 12.3 Å². The van der Waals surface area contributed by atoms with E-state index in [4.69, 9.17) is 4.74 Å². The average Bonchev–Trinajstić information content (AvgIpc) is 3.24. The molecule has 3 heterocycles. The summed E-state index contributed by atoms with van der Waals surface area (Å²) in [5, 5.41) is 0. The Bertz CT molecular complexity index is 1610. The Morgan fingerprint density at radius 1 is 1.06 bits per heavy atom. The van der Waals surface area contributed by atoms with E-state index < -0.39 is 42.3 Å². The van der Waals surface area contributed by atoms with Crippen molar-refractivity contribution in [3.63, 3.8) is 0 Å². The predicted octanol–water partition coefficient (Wildman–Crippen LogP) is 7.77. The zero-order chi connectivity index (χ0) is 35.7. The number of imidazole rings is 1. The molecule has 1 fully saturated rings. The number of rotatable bonds is 12. The minimum Gasteiger partial charge on any atom is -0.444 e.